The van der Waals surface area contributed by atoms with E-state index in [1.54, 1.807) is 10.9 Å². The quantitative estimate of drug-likeness (QED) is 0.922. The standard InChI is InChI=1S/C14H20N6O/c1-10(20-7-3-6-15-20)14(21)19-8-4-12(5-9-19)13-16-11(2)17-18-13/h3,6-7,10,12H,4-5,8-9H2,1-2H3,(H,16,17,18)/t10-/m1/s1. The van der Waals surface area contributed by atoms with Gasteiger partial charge in [0.25, 0.3) is 0 Å². The van der Waals surface area contributed by atoms with Gasteiger partial charge in [-0.2, -0.15) is 10.2 Å². The summed E-state index contributed by atoms with van der Waals surface area (Å²) in [6.07, 6.45) is 5.34. The van der Waals surface area contributed by atoms with Crippen molar-refractivity contribution in [2.24, 2.45) is 0 Å². The predicted molar refractivity (Wildman–Crippen MR) is 76.6 cm³/mol. The van der Waals surface area contributed by atoms with Gasteiger partial charge in [-0.05, 0) is 32.8 Å². The minimum Gasteiger partial charge on any atom is -0.341 e. The van der Waals surface area contributed by atoms with Gasteiger partial charge in [0.1, 0.15) is 11.9 Å². The lowest BCUT2D eigenvalue weighted by Crippen LogP contribution is -2.41. The molecule has 0 spiro atoms. The molecule has 0 bridgehead atoms. The summed E-state index contributed by atoms with van der Waals surface area (Å²) < 4.78 is 1.70. The second kappa shape index (κ2) is 5.67. The Morgan fingerprint density at radius 2 is 2.19 bits per heavy atom. The number of hydrogen-bond donors (Lipinski definition) is 1. The van der Waals surface area contributed by atoms with E-state index in [2.05, 4.69) is 20.3 Å². The maximum absolute atomic E-state index is 12.5. The van der Waals surface area contributed by atoms with Gasteiger partial charge in [0.05, 0.1) is 0 Å². The van der Waals surface area contributed by atoms with Crippen LogP contribution in [0.5, 0.6) is 0 Å². The van der Waals surface area contributed by atoms with Gasteiger partial charge in [-0.1, -0.05) is 0 Å². The van der Waals surface area contributed by atoms with Crippen LogP contribution < -0.4 is 0 Å². The van der Waals surface area contributed by atoms with Crippen LogP contribution in [-0.2, 0) is 4.79 Å². The number of aromatic amines is 1. The van der Waals surface area contributed by atoms with Gasteiger partial charge in [0, 0.05) is 31.4 Å². The largest absolute Gasteiger partial charge is 0.341 e. The minimum atomic E-state index is -0.248. The SMILES string of the molecule is Cc1nc(C2CCN(C(=O)[C@@H](C)n3cccn3)CC2)n[nH]1. The lowest BCUT2D eigenvalue weighted by Gasteiger charge is -2.32. The number of piperidine rings is 1. The molecule has 0 saturated carbocycles. The van der Waals surface area contributed by atoms with Crippen LogP contribution >= 0.6 is 0 Å². The molecule has 0 aromatic carbocycles. The molecule has 3 rings (SSSR count). The lowest BCUT2D eigenvalue weighted by molar-refractivity contribution is -0.135. The molecule has 0 aliphatic carbocycles. The number of amides is 1. The molecular weight excluding hydrogens is 268 g/mol. The summed E-state index contributed by atoms with van der Waals surface area (Å²) in [6, 6.07) is 1.59. The molecule has 1 aliphatic heterocycles. The molecule has 3 heterocycles. The minimum absolute atomic E-state index is 0.128. The maximum Gasteiger partial charge on any atom is 0.247 e. The predicted octanol–water partition coefficient (Wildman–Crippen LogP) is 1.28. The Kier molecular flexibility index (Phi) is 3.72. The molecule has 1 N–H and O–H groups in total. The second-order valence-electron chi connectivity index (χ2n) is 5.54. The molecular formula is C14H20N6O. The summed E-state index contributed by atoms with van der Waals surface area (Å²) in [5.41, 5.74) is 0. The van der Waals surface area contributed by atoms with Crippen LogP contribution in [0.2, 0.25) is 0 Å². The zero-order valence-electron chi connectivity index (χ0n) is 12.4. The molecule has 1 fully saturated rings. The van der Waals surface area contributed by atoms with Gasteiger partial charge < -0.3 is 4.90 Å². The van der Waals surface area contributed by atoms with E-state index in [1.807, 2.05) is 31.0 Å². The highest BCUT2D eigenvalue weighted by Gasteiger charge is 2.29. The van der Waals surface area contributed by atoms with Crippen molar-refractivity contribution in [3.63, 3.8) is 0 Å². The first-order valence-electron chi connectivity index (χ1n) is 7.32. The molecule has 1 saturated heterocycles. The number of carbonyl (C=O) groups excluding carboxylic acids is 1. The fraction of sp³-hybridized carbons (Fsp3) is 0.571. The number of aryl methyl sites for hydroxylation is 1. The third-order valence-corrected chi connectivity index (χ3v) is 4.07. The Balaban J connectivity index is 1.59. The molecule has 0 radical (unpaired) electrons. The van der Waals surface area contributed by atoms with E-state index in [9.17, 15) is 4.79 Å². The van der Waals surface area contributed by atoms with Crippen molar-refractivity contribution in [3.05, 3.63) is 30.1 Å². The maximum atomic E-state index is 12.5. The fourth-order valence-electron chi connectivity index (χ4n) is 2.79. The average molecular weight is 288 g/mol. The summed E-state index contributed by atoms with van der Waals surface area (Å²) in [4.78, 5) is 18.8. The van der Waals surface area contributed by atoms with Crippen molar-refractivity contribution in [2.45, 2.75) is 38.6 Å². The molecule has 1 amide bonds. The molecule has 7 heteroatoms. The fourth-order valence-corrected chi connectivity index (χ4v) is 2.79. The number of hydrogen-bond acceptors (Lipinski definition) is 4. The van der Waals surface area contributed by atoms with Crippen LogP contribution in [-0.4, -0.2) is 48.9 Å². The van der Waals surface area contributed by atoms with E-state index >= 15 is 0 Å². The number of aromatic nitrogens is 5. The van der Waals surface area contributed by atoms with Crippen molar-refractivity contribution in [1.29, 1.82) is 0 Å². The number of nitrogens with zero attached hydrogens (tertiary/aromatic N) is 5. The molecule has 112 valence electrons. The van der Waals surface area contributed by atoms with Gasteiger partial charge in [0.15, 0.2) is 5.82 Å². The van der Waals surface area contributed by atoms with Gasteiger partial charge in [-0.15, -0.1) is 0 Å². The first-order valence-corrected chi connectivity index (χ1v) is 7.32. The summed E-state index contributed by atoms with van der Waals surface area (Å²) in [5, 5.41) is 11.3. The van der Waals surface area contributed by atoms with Crippen LogP contribution in [0.4, 0.5) is 0 Å². The van der Waals surface area contributed by atoms with Crippen molar-refractivity contribution in [2.75, 3.05) is 13.1 Å². The van der Waals surface area contributed by atoms with Gasteiger partial charge >= 0.3 is 0 Å². The number of nitrogens with one attached hydrogen (secondary N) is 1. The molecule has 1 aliphatic rings. The van der Waals surface area contributed by atoms with E-state index in [-0.39, 0.29) is 11.9 Å². The number of likely N-dealkylation sites (tertiary alicyclic amines) is 1. The monoisotopic (exact) mass is 288 g/mol. The highest BCUT2D eigenvalue weighted by atomic mass is 16.2. The van der Waals surface area contributed by atoms with Crippen molar-refractivity contribution in [3.8, 4) is 0 Å². The van der Waals surface area contributed by atoms with E-state index in [4.69, 9.17) is 0 Å². The van der Waals surface area contributed by atoms with Crippen molar-refractivity contribution in [1.82, 2.24) is 29.9 Å². The summed E-state index contributed by atoms with van der Waals surface area (Å²) in [7, 11) is 0. The first-order chi connectivity index (χ1) is 10.1. The van der Waals surface area contributed by atoms with Crippen molar-refractivity contribution < 1.29 is 4.79 Å². The van der Waals surface area contributed by atoms with Gasteiger partial charge in [-0.3, -0.25) is 14.6 Å². The molecule has 2 aromatic rings. The lowest BCUT2D eigenvalue weighted by atomic mass is 9.96. The summed E-state index contributed by atoms with van der Waals surface area (Å²) in [5.74, 6) is 2.19. The average Bonchev–Trinajstić information content (AvgIpc) is 3.17. The van der Waals surface area contributed by atoms with Crippen molar-refractivity contribution >= 4 is 5.91 Å². The Labute approximate surface area is 123 Å². The van der Waals surface area contributed by atoms with Gasteiger partial charge in [0.2, 0.25) is 5.91 Å². The molecule has 0 unspecified atom stereocenters. The normalized spacial score (nSPS) is 17.9. The molecule has 1 atom stereocenters. The first kappa shape index (κ1) is 13.8. The van der Waals surface area contributed by atoms with Crippen LogP contribution in [0, 0.1) is 6.92 Å². The van der Waals surface area contributed by atoms with Crippen LogP contribution in [0.1, 0.15) is 43.4 Å². The smallest absolute Gasteiger partial charge is 0.247 e. The van der Waals surface area contributed by atoms with E-state index in [1.165, 1.54) is 0 Å². The van der Waals surface area contributed by atoms with Crippen LogP contribution in [0.3, 0.4) is 0 Å². The summed E-state index contributed by atoms with van der Waals surface area (Å²) in [6.45, 7) is 5.30. The van der Waals surface area contributed by atoms with E-state index in [0.717, 1.165) is 37.6 Å². The highest BCUT2D eigenvalue weighted by molar-refractivity contribution is 5.80. The Morgan fingerprint density at radius 1 is 1.43 bits per heavy atom. The van der Waals surface area contributed by atoms with Crippen LogP contribution in [0.25, 0.3) is 0 Å². The Hall–Kier alpha value is -2.18. The van der Waals surface area contributed by atoms with E-state index < -0.39 is 0 Å². The number of rotatable bonds is 3. The Morgan fingerprint density at radius 3 is 2.76 bits per heavy atom. The zero-order valence-corrected chi connectivity index (χ0v) is 12.4. The highest BCUT2D eigenvalue weighted by Crippen LogP contribution is 2.26. The second-order valence-corrected chi connectivity index (χ2v) is 5.54. The van der Waals surface area contributed by atoms with Crippen LogP contribution in [0.15, 0.2) is 18.5 Å². The Bertz CT molecular complexity index is 597. The molecule has 21 heavy (non-hydrogen) atoms. The summed E-state index contributed by atoms with van der Waals surface area (Å²) >= 11 is 0. The molecule has 2 aromatic heterocycles. The third kappa shape index (κ3) is 2.81. The molecule has 7 nitrogen and oxygen atoms in total. The topological polar surface area (TPSA) is 79.7 Å². The number of H-pyrrole nitrogens is 1. The number of carbonyl (C=O) groups is 1. The van der Waals surface area contributed by atoms with Gasteiger partial charge in [-0.25, -0.2) is 4.98 Å². The van der Waals surface area contributed by atoms with E-state index in [0.29, 0.717) is 5.92 Å². The third-order valence-electron chi connectivity index (χ3n) is 4.07. The zero-order chi connectivity index (χ0) is 14.8.